The lowest BCUT2D eigenvalue weighted by Gasteiger charge is -2.10. The summed E-state index contributed by atoms with van der Waals surface area (Å²) in [6.45, 7) is 3.40. The summed E-state index contributed by atoms with van der Waals surface area (Å²) in [5, 5.41) is 20.5. The van der Waals surface area contributed by atoms with E-state index >= 15 is 0 Å². The Labute approximate surface area is 120 Å². The molecule has 0 bridgehead atoms. The summed E-state index contributed by atoms with van der Waals surface area (Å²) in [6.07, 6.45) is 0.401. The molecule has 0 spiro atoms. The molecule has 0 radical (unpaired) electrons. The van der Waals surface area contributed by atoms with Gasteiger partial charge in [0.15, 0.2) is 0 Å². The van der Waals surface area contributed by atoms with Gasteiger partial charge in [-0.3, -0.25) is 10.1 Å². The van der Waals surface area contributed by atoms with Crippen molar-refractivity contribution in [1.82, 2.24) is 9.97 Å². The summed E-state index contributed by atoms with van der Waals surface area (Å²) in [5.74, 6) is -0.815. The van der Waals surface area contributed by atoms with Crippen molar-refractivity contribution < 1.29 is 14.8 Å². The number of benzene rings is 1. The summed E-state index contributed by atoms with van der Waals surface area (Å²) in [4.78, 5) is 30.3. The minimum absolute atomic E-state index is 0.0825. The number of carbonyl (C=O) groups is 1. The number of aromatic carboxylic acids is 1. The summed E-state index contributed by atoms with van der Waals surface area (Å²) in [5.41, 5.74) is 0.361. The number of rotatable bonds is 4. The number of hydrogen-bond donors (Lipinski definition) is 1. The van der Waals surface area contributed by atoms with Crippen molar-refractivity contribution in [2.75, 3.05) is 0 Å². The van der Waals surface area contributed by atoms with Gasteiger partial charge < -0.3 is 5.11 Å². The van der Waals surface area contributed by atoms with E-state index in [4.69, 9.17) is 0 Å². The van der Waals surface area contributed by atoms with Crippen molar-refractivity contribution in [1.29, 1.82) is 0 Å². The molecule has 1 N–H and O–H groups in total. The lowest BCUT2D eigenvalue weighted by atomic mass is 10.0. The van der Waals surface area contributed by atoms with Crippen LogP contribution in [0, 0.1) is 17.0 Å². The third-order valence-corrected chi connectivity index (χ3v) is 3.00. The fourth-order valence-electron chi connectivity index (χ4n) is 2.14. The molecule has 108 valence electrons. The smallest absolute Gasteiger partial charge is 0.339 e. The average Bonchev–Trinajstić information content (AvgIpc) is 2.45. The van der Waals surface area contributed by atoms with E-state index in [9.17, 15) is 20.0 Å². The molecule has 0 amide bonds. The van der Waals surface area contributed by atoms with Crippen LogP contribution in [0.2, 0.25) is 0 Å². The van der Waals surface area contributed by atoms with Crippen LogP contribution < -0.4 is 0 Å². The number of aryl methyl sites for hydroxylation is 2. The van der Waals surface area contributed by atoms with Crippen LogP contribution >= 0.6 is 0 Å². The van der Waals surface area contributed by atoms with E-state index < -0.39 is 10.9 Å². The van der Waals surface area contributed by atoms with E-state index in [1.165, 1.54) is 18.2 Å². The molecular weight excluding hydrogens is 274 g/mol. The summed E-state index contributed by atoms with van der Waals surface area (Å²) in [7, 11) is 0. The van der Waals surface area contributed by atoms with Gasteiger partial charge in [0.05, 0.1) is 21.9 Å². The second-order valence-electron chi connectivity index (χ2n) is 4.37. The largest absolute Gasteiger partial charge is 0.478 e. The third-order valence-electron chi connectivity index (χ3n) is 3.00. The molecule has 0 atom stereocenters. The molecule has 0 aliphatic heterocycles. The quantitative estimate of drug-likeness (QED) is 0.684. The molecule has 1 aromatic heterocycles. The van der Waals surface area contributed by atoms with Gasteiger partial charge in [-0.15, -0.1) is 0 Å². The number of carboxylic acid groups (broad SMARTS) is 1. The molecular formula is C14H13N3O4. The number of carboxylic acids is 1. The van der Waals surface area contributed by atoms with Crippen LogP contribution in [0.1, 0.15) is 28.8 Å². The second-order valence-corrected chi connectivity index (χ2v) is 4.37. The molecule has 7 heteroatoms. The van der Waals surface area contributed by atoms with E-state index in [0.717, 1.165) is 0 Å². The molecule has 0 aliphatic carbocycles. The highest BCUT2D eigenvalue weighted by Gasteiger charge is 2.24. The first-order valence-electron chi connectivity index (χ1n) is 6.30. The summed E-state index contributed by atoms with van der Waals surface area (Å²) < 4.78 is 0. The first kappa shape index (κ1) is 14.6. The maximum absolute atomic E-state index is 11.5. The fraction of sp³-hybridized carbons (Fsp3) is 0.214. The topological polar surface area (TPSA) is 106 Å². The number of nitrogens with zero attached hydrogens (tertiary/aromatic N) is 3. The molecule has 0 saturated carbocycles. The maximum atomic E-state index is 11.5. The zero-order valence-corrected chi connectivity index (χ0v) is 11.5. The Morgan fingerprint density at radius 1 is 1.33 bits per heavy atom. The molecule has 0 aliphatic rings. The molecule has 1 heterocycles. The minimum atomic E-state index is -1.19. The maximum Gasteiger partial charge on any atom is 0.339 e. The van der Waals surface area contributed by atoms with Gasteiger partial charge >= 0.3 is 5.97 Å². The second kappa shape index (κ2) is 5.66. The molecule has 21 heavy (non-hydrogen) atoms. The summed E-state index contributed by atoms with van der Waals surface area (Å²) >= 11 is 0. The fourth-order valence-corrected chi connectivity index (χ4v) is 2.14. The van der Waals surface area contributed by atoms with Crippen molar-refractivity contribution in [3.05, 3.63) is 51.5 Å². The average molecular weight is 287 g/mol. The Morgan fingerprint density at radius 3 is 2.57 bits per heavy atom. The minimum Gasteiger partial charge on any atom is -0.478 e. The number of nitro groups is 1. The van der Waals surface area contributed by atoms with Crippen LogP contribution in [0.3, 0.4) is 0 Å². The zero-order chi connectivity index (χ0) is 15.6. The van der Waals surface area contributed by atoms with Crippen molar-refractivity contribution in [3.8, 4) is 11.3 Å². The first-order valence-corrected chi connectivity index (χ1v) is 6.30. The van der Waals surface area contributed by atoms with Crippen LogP contribution in [0.4, 0.5) is 5.69 Å². The highest BCUT2D eigenvalue weighted by atomic mass is 16.6. The van der Waals surface area contributed by atoms with Crippen molar-refractivity contribution >= 4 is 11.7 Å². The standard InChI is InChI=1S/C14H13N3O4/c1-3-10-12(14(18)19)13(16-8(2)15-10)9-6-4-5-7-11(9)17(20)21/h4-7H,3H2,1-2H3,(H,18,19). The predicted molar refractivity (Wildman–Crippen MR) is 75.2 cm³/mol. The van der Waals surface area contributed by atoms with Gasteiger partial charge in [-0.25, -0.2) is 14.8 Å². The zero-order valence-electron chi connectivity index (χ0n) is 11.5. The Balaban J connectivity index is 2.83. The van der Waals surface area contributed by atoms with Gasteiger partial charge in [0.1, 0.15) is 11.4 Å². The van der Waals surface area contributed by atoms with Crippen LogP contribution in [-0.4, -0.2) is 26.0 Å². The highest BCUT2D eigenvalue weighted by molar-refractivity contribution is 5.97. The number of para-hydroxylation sites is 1. The Bertz CT molecular complexity index is 728. The van der Waals surface area contributed by atoms with Gasteiger partial charge in [-0.2, -0.15) is 0 Å². The van der Waals surface area contributed by atoms with E-state index in [1.54, 1.807) is 19.9 Å². The Morgan fingerprint density at radius 2 is 2.00 bits per heavy atom. The summed E-state index contributed by atoms with van der Waals surface area (Å²) in [6, 6.07) is 5.95. The van der Waals surface area contributed by atoms with Gasteiger partial charge in [0, 0.05) is 6.07 Å². The number of hydrogen-bond acceptors (Lipinski definition) is 5. The third kappa shape index (κ3) is 2.71. The van der Waals surface area contributed by atoms with E-state index in [1.807, 2.05) is 0 Å². The van der Waals surface area contributed by atoms with Gasteiger partial charge in [0.2, 0.25) is 0 Å². The number of aromatic nitrogens is 2. The molecule has 0 saturated heterocycles. The predicted octanol–water partition coefficient (Wildman–Crippen LogP) is 2.62. The van der Waals surface area contributed by atoms with Crippen LogP contribution in [0.5, 0.6) is 0 Å². The van der Waals surface area contributed by atoms with Crippen LogP contribution in [0.15, 0.2) is 24.3 Å². The van der Waals surface area contributed by atoms with Crippen molar-refractivity contribution in [3.63, 3.8) is 0 Å². The van der Waals surface area contributed by atoms with Crippen molar-refractivity contribution in [2.24, 2.45) is 0 Å². The lowest BCUT2D eigenvalue weighted by Crippen LogP contribution is -2.11. The van der Waals surface area contributed by atoms with Gasteiger partial charge in [-0.05, 0) is 19.4 Å². The van der Waals surface area contributed by atoms with Crippen molar-refractivity contribution in [2.45, 2.75) is 20.3 Å². The van der Waals surface area contributed by atoms with Gasteiger partial charge in [0.25, 0.3) is 5.69 Å². The Hall–Kier alpha value is -2.83. The molecule has 2 aromatic rings. The van der Waals surface area contributed by atoms with Crippen LogP contribution in [0.25, 0.3) is 11.3 Å². The lowest BCUT2D eigenvalue weighted by molar-refractivity contribution is -0.384. The molecule has 2 rings (SSSR count). The molecule has 0 unspecified atom stereocenters. The highest BCUT2D eigenvalue weighted by Crippen LogP contribution is 2.31. The number of nitro benzene ring substituents is 1. The molecule has 1 aromatic carbocycles. The Kier molecular flexibility index (Phi) is 3.93. The molecule has 0 fully saturated rings. The first-order chi connectivity index (χ1) is 9.95. The van der Waals surface area contributed by atoms with E-state index in [2.05, 4.69) is 9.97 Å². The van der Waals surface area contributed by atoms with E-state index in [0.29, 0.717) is 17.9 Å². The van der Waals surface area contributed by atoms with Gasteiger partial charge in [-0.1, -0.05) is 19.1 Å². The monoisotopic (exact) mass is 287 g/mol. The van der Waals surface area contributed by atoms with E-state index in [-0.39, 0.29) is 22.5 Å². The molecule has 7 nitrogen and oxygen atoms in total. The SMILES string of the molecule is CCc1nc(C)nc(-c2ccccc2[N+](=O)[O-])c1C(=O)O. The normalized spacial score (nSPS) is 10.4. The van der Waals surface area contributed by atoms with Crippen LogP contribution in [-0.2, 0) is 6.42 Å².